The van der Waals surface area contributed by atoms with Gasteiger partial charge >= 0.3 is 41.5 Å². The summed E-state index contributed by atoms with van der Waals surface area (Å²) < 4.78 is 0. The summed E-state index contributed by atoms with van der Waals surface area (Å²) in [5.74, 6) is -0.561. The standard InChI is InChI=1S/C2H3N5O2.Na.H/c3-1-4-2(6-5-1)7(8)9;;/h(H3,3,4,5,6);;/q;+1;-1. The zero-order chi connectivity index (χ0) is 6.85. The van der Waals surface area contributed by atoms with Crippen molar-refractivity contribution in [3.63, 3.8) is 0 Å². The van der Waals surface area contributed by atoms with E-state index >= 15 is 0 Å². The van der Waals surface area contributed by atoms with Crippen molar-refractivity contribution in [2.24, 2.45) is 0 Å². The van der Waals surface area contributed by atoms with E-state index in [9.17, 15) is 10.1 Å². The fourth-order valence-electron chi connectivity index (χ4n) is 0.347. The Bertz CT molecular complexity index is 238. The van der Waals surface area contributed by atoms with E-state index in [4.69, 9.17) is 5.73 Å². The summed E-state index contributed by atoms with van der Waals surface area (Å²) in [5, 5.41) is 15.1. The Labute approximate surface area is 78.9 Å². The number of hydrogen-bond donors (Lipinski definition) is 2. The van der Waals surface area contributed by atoms with Crippen LogP contribution < -0.4 is 35.3 Å². The quantitative estimate of drug-likeness (QED) is 0.246. The van der Waals surface area contributed by atoms with Crippen LogP contribution in [-0.4, -0.2) is 20.1 Å². The molecule has 3 N–H and O–H groups in total. The number of nitrogen functional groups attached to an aromatic ring is 1. The number of aromatic nitrogens is 3. The summed E-state index contributed by atoms with van der Waals surface area (Å²) in [6.45, 7) is 0. The van der Waals surface area contributed by atoms with Gasteiger partial charge in [0.15, 0.2) is 0 Å². The second-order valence-electron chi connectivity index (χ2n) is 1.27. The minimum absolute atomic E-state index is 0. The summed E-state index contributed by atoms with van der Waals surface area (Å²) in [4.78, 5) is 12.3. The number of nitrogens with one attached hydrogen (secondary N) is 1. The van der Waals surface area contributed by atoms with Crippen molar-refractivity contribution >= 4 is 11.9 Å². The molecule has 0 aliphatic carbocycles. The Kier molecular flexibility index (Phi) is 3.26. The molecule has 0 saturated carbocycles. The molecule has 50 valence electrons. The zero-order valence-electron chi connectivity index (χ0n) is 6.24. The molecular weight excluding hydrogens is 149 g/mol. The number of nitrogens with two attached hydrogens (primary N) is 1. The third-order valence-electron chi connectivity index (χ3n) is 0.664. The van der Waals surface area contributed by atoms with Gasteiger partial charge in [0.25, 0.3) is 0 Å². The van der Waals surface area contributed by atoms with Crippen LogP contribution in [-0.2, 0) is 0 Å². The molecule has 1 aromatic rings. The number of H-pyrrole nitrogens is 1. The molecule has 0 atom stereocenters. The Balaban J connectivity index is 0. The maximum atomic E-state index is 9.83. The summed E-state index contributed by atoms with van der Waals surface area (Å²) in [7, 11) is 0. The van der Waals surface area contributed by atoms with E-state index in [0.717, 1.165) is 0 Å². The van der Waals surface area contributed by atoms with Gasteiger partial charge in [-0.1, -0.05) is 5.10 Å². The van der Waals surface area contributed by atoms with Crippen LogP contribution >= 0.6 is 0 Å². The van der Waals surface area contributed by atoms with Gasteiger partial charge in [-0.15, -0.1) is 5.10 Å². The molecule has 1 heterocycles. The predicted molar refractivity (Wildman–Crippen MR) is 28.6 cm³/mol. The molecule has 0 aromatic carbocycles. The number of nitro groups is 1. The summed E-state index contributed by atoms with van der Waals surface area (Å²) in [5.41, 5.74) is 4.96. The molecule has 1 aromatic heterocycles. The van der Waals surface area contributed by atoms with Gasteiger partial charge in [-0.2, -0.15) is 0 Å². The first-order chi connectivity index (χ1) is 4.20. The van der Waals surface area contributed by atoms with E-state index in [-0.39, 0.29) is 36.9 Å². The molecule has 0 amide bonds. The fourth-order valence-corrected chi connectivity index (χ4v) is 0.347. The third-order valence-corrected chi connectivity index (χ3v) is 0.664. The second-order valence-corrected chi connectivity index (χ2v) is 1.27. The Hall–Kier alpha value is -0.660. The average Bonchev–Trinajstić information content (AvgIpc) is 2.14. The minimum atomic E-state index is -0.705. The first kappa shape index (κ1) is 9.34. The molecule has 0 fully saturated rings. The molecule has 0 aliphatic heterocycles. The van der Waals surface area contributed by atoms with Gasteiger partial charge in [0.2, 0.25) is 0 Å². The van der Waals surface area contributed by atoms with Gasteiger partial charge in [0, 0.05) is 0 Å². The Morgan fingerprint density at radius 2 is 2.40 bits per heavy atom. The third kappa shape index (κ3) is 1.94. The first-order valence-corrected chi connectivity index (χ1v) is 2.02. The molecule has 7 nitrogen and oxygen atoms in total. The van der Waals surface area contributed by atoms with Crippen molar-refractivity contribution in [3.05, 3.63) is 10.1 Å². The van der Waals surface area contributed by atoms with E-state index in [1.165, 1.54) is 0 Å². The maximum Gasteiger partial charge on any atom is 1.00 e. The van der Waals surface area contributed by atoms with Crippen LogP contribution in [0.2, 0.25) is 0 Å². The first-order valence-electron chi connectivity index (χ1n) is 2.02. The van der Waals surface area contributed by atoms with Crippen LogP contribution in [0.5, 0.6) is 0 Å². The molecule has 1 rings (SSSR count). The second kappa shape index (κ2) is 3.49. The molecule has 8 heteroatoms. The van der Waals surface area contributed by atoms with Gasteiger partial charge < -0.3 is 17.3 Å². The number of aromatic amines is 1. The summed E-state index contributed by atoms with van der Waals surface area (Å²) in [6.07, 6.45) is 0. The SMILES string of the molecule is Nc1n[nH]c([N+](=O)[O-])n1.[H-].[Na+]. The van der Waals surface area contributed by atoms with Crippen molar-refractivity contribution in [2.45, 2.75) is 0 Å². The monoisotopic (exact) mass is 153 g/mol. The summed E-state index contributed by atoms with van der Waals surface area (Å²) >= 11 is 0. The Morgan fingerprint density at radius 3 is 2.60 bits per heavy atom. The van der Waals surface area contributed by atoms with Crippen LogP contribution in [0, 0.1) is 10.1 Å². The van der Waals surface area contributed by atoms with E-state index in [2.05, 4.69) is 10.1 Å². The van der Waals surface area contributed by atoms with Gasteiger partial charge in [0.05, 0.1) is 0 Å². The largest absolute Gasteiger partial charge is 1.00 e. The van der Waals surface area contributed by atoms with Crippen molar-refractivity contribution in [2.75, 3.05) is 5.73 Å². The molecule has 0 aliphatic rings. The number of anilines is 1. The molecule has 0 spiro atoms. The minimum Gasteiger partial charge on any atom is -1.00 e. The average molecular weight is 153 g/mol. The van der Waals surface area contributed by atoms with E-state index in [0.29, 0.717) is 0 Å². The predicted octanol–water partition coefficient (Wildman–Crippen LogP) is -3.59. The van der Waals surface area contributed by atoms with Crippen molar-refractivity contribution < 1.29 is 35.9 Å². The van der Waals surface area contributed by atoms with Crippen LogP contribution in [0.1, 0.15) is 1.43 Å². The van der Waals surface area contributed by atoms with Crippen molar-refractivity contribution in [1.82, 2.24) is 15.2 Å². The topological polar surface area (TPSA) is 111 Å². The summed E-state index contributed by atoms with van der Waals surface area (Å²) in [6, 6.07) is 0. The van der Waals surface area contributed by atoms with Gasteiger partial charge in [-0.05, 0) is 9.91 Å². The van der Waals surface area contributed by atoms with E-state index in [1.807, 2.05) is 5.10 Å². The van der Waals surface area contributed by atoms with Crippen molar-refractivity contribution in [1.29, 1.82) is 0 Å². The maximum absolute atomic E-state index is 9.83. The number of rotatable bonds is 1. The van der Waals surface area contributed by atoms with Crippen LogP contribution in [0.3, 0.4) is 0 Å². The van der Waals surface area contributed by atoms with Crippen molar-refractivity contribution in [3.8, 4) is 0 Å². The molecule has 0 bridgehead atoms. The normalized spacial score (nSPS) is 8.40. The van der Waals surface area contributed by atoms with E-state index < -0.39 is 10.9 Å². The van der Waals surface area contributed by atoms with Gasteiger partial charge in [-0.3, -0.25) is 0 Å². The number of nitrogens with zero attached hydrogens (tertiary/aromatic N) is 3. The van der Waals surface area contributed by atoms with Gasteiger partial charge in [-0.25, -0.2) is 0 Å². The molecule has 0 radical (unpaired) electrons. The van der Waals surface area contributed by atoms with Gasteiger partial charge in [0.1, 0.15) is 0 Å². The van der Waals surface area contributed by atoms with Crippen LogP contribution in [0.25, 0.3) is 0 Å². The smallest absolute Gasteiger partial charge is 1.00 e. The number of hydrogen-bond acceptors (Lipinski definition) is 5. The molecule has 10 heavy (non-hydrogen) atoms. The fraction of sp³-hybridized carbons (Fsp3) is 0. The Morgan fingerprint density at radius 1 is 1.80 bits per heavy atom. The molecule has 0 unspecified atom stereocenters. The van der Waals surface area contributed by atoms with Crippen LogP contribution in [0.15, 0.2) is 0 Å². The van der Waals surface area contributed by atoms with E-state index in [1.54, 1.807) is 0 Å². The molecule has 0 saturated heterocycles. The molecular formula is C2H4N5NaO2. The zero-order valence-corrected chi connectivity index (χ0v) is 7.24. The van der Waals surface area contributed by atoms with Crippen LogP contribution in [0.4, 0.5) is 11.9 Å².